The molecule has 20 N–H and O–H groups in total. The summed E-state index contributed by atoms with van der Waals surface area (Å²) in [6, 6.07) is 9.30. The molecule has 0 aliphatic carbocycles. The van der Waals surface area contributed by atoms with Gasteiger partial charge in [0.2, 0.25) is 47.1 Å². The van der Waals surface area contributed by atoms with Gasteiger partial charge in [-0.3, -0.25) is 33.6 Å². The lowest BCUT2D eigenvalue weighted by atomic mass is 9.89. The molecule has 0 aromatic heterocycles. The molecule has 0 fully saturated rings. The average molecular weight is 1370 g/mol. The Labute approximate surface area is 562 Å². The van der Waals surface area contributed by atoms with Gasteiger partial charge in [-0.25, -0.2) is 0 Å². The topological polar surface area (TPSA) is 454 Å². The Kier molecular flexibility index (Phi) is 20.1. The molecule has 17 bridgehead atoms. The quantitative estimate of drug-likeness (QED) is 0.0798. The molecule has 506 valence electrons. The molecular weight excluding hydrogens is 1300 g/mol. The van der Waals surface area contributed by atoms with Gasteiger partial charge in [0.15, 0.2) is 23.0 Å². The van der Waals surface area contributed by atoms with E-state index in [-0.39, 0.29) is 90.5 Å². The number of aliphatic hydroxyl groups excluding tert-OH is 1. The number of carbonyl (C=O) groups is 7. The van der Waals surface area contributed by atoms with Crippen molar-refractivity contribution in [1.82, 2.24) is 42.1 Å². The van der Waals surface area contributed by atoms with Gasteiger partial charge in [0.1, 0.15) is 88.6 Å². The predicted octanol–water partition coefficient (Wildman–Crippen LogP) is 4.41. The SMILES string of the molecule is NCCCN(CCCN)CCCNC(=O)[C@H]1NC(=O)[C@H]2NC(=O)[C@H](NC(=O)[C@@H]3NC(=O)[C@H]4NC(=O)[C@@H](Cc5ccc(c(Cl)c5)Oc5cc3cc(c5O)Oc3ccc(cc3Cl)[C@H]2O)NC(=O)[C@H](N)c2ccc(O)c(c2)Oc2cc(O)cc4c2)c2ccc(O)c(c2)-c2c(O)cc(O)cc21. The van der Waals surface area contributed by atoms with Crippen LogP contribution >= 0.6 is 23.2 Å². The van der Waals surface area contributed by atoms with Crippen molar-refractivity contribution in [3.8, 4) is 80.1 Å². The molecule has 28 nitrogen and oxygen atoms in total. The summed E-state index contributed by atoms with van der Waals surface area (Å²) < 4.78 is 18.6. The highest BCUT2D eigenvalue weighted by Gasteiger charge is 2.41. The number of aliphatic hydroxyl groups is 1. The number of nitrogens with one attached hydrogen (secondary N) is 7. The van der Waals surface area contributed by atoms with Crippen molar-refractivity contribution in [1.29, 1.82) is 0 Å². The third kappa shape index (κ3) is 14.8. The van der Waals surface area contributed by atoms with Crippen LogP contribution in [0.2, 0.25) is 10.0 Å². The summed E-state index contributed by atoms with van der Waals surface area (Å²) in [5, 5.41) is 99.7. The first-order valence-corrected chi connectivity index (χ1v) is 31.4. The van der Waals surface area contributed by atoms with E-state index in [1.807, 2.05) is 0 Å². The maximum atomic E-state index is 15.9. The van der Waals surface area contributed by atoms with E-state index in [4.69, 9.17) is 54.6 Å². The molecule has 0 spiro atoms. The number of rotatable bonds is 11. The third-order valence-corrected chi connectivity index (χ3v) is 17.4. The van der Waals surface area contributed by atoms with Crippen LogP contribution in [0.15, 0.2) is 115 Å². The molecule has 30 heteroatoms. The number of carbonyl (C=O) groups excluding carboxylic acids is 7. The Hall–Kier alpha value is -10.6. The highest BCUT2D eigenvalue weighted by atomic mass is 35.5. The summed E-state index contributed by atoms with van der Waals surface area (Å²) in [6.45, 7) is 2.70. The molecule has 6 aliphatic rings. The van der Waals surface area contributed by atoms with Gasteiger partial charge in [0, 0.05) is 36.2 Å². The zero-order chi connectivity index (χ0) is 69.1. The molecule has 7 aromatic carbocycles. The molecular formula is C67H67Cl2N11O17. The highest BCUT2D eigenvalue weighted by Crippen LogP contribution is 2.48. The normalized spacial score (nSPS) is 20.8. The van der Waals surface area contributed by atoms with Crippen LogP contribution in [0.5, 0.6) is 69.0 Å². The minimum atomic E-state index is -2.16. The second-order valence-corrected chi connectivity index (χ2v) is 24.3. The van der Waals surface area contributed by atoms with Crippen molar-refractivity contribution in [3.63, 3.8) is 0 Å². The number of ether oxygens (including phenoxy) is 3. The van der Waals surface area contributed by atoms with E-state index in [1.54, 1.807) is 0 Å². The molecule has 6 heterocycles. The molecule has 7 aromatic rings. The summed E-state index contributed by atoms with van der Waals surface area (Å²) in [4.78, 5) is 108. The molecule has 0 saturated heterocycles. The fourth-order valence-corrected chi connectivity index (χ4v) is 12.3. The smallest absolute Gasteiger partial charge is 0.248 e. The molecule has 97 heavy (non-hydrogen) atoms. The van der Waals surface area contributed by atoms with E-state index in [0.29, 0.717) is 57.5 Å². The number of nitrogens with zero attached hydrogens (tertiary/aromatic N) is 1. The zero-order valence-corrected chi connectivity index (χ0v) is 52.8. The minimum absolute atomic E-state index is 0.0163. The lowest BCUT2D eigenvalue weighted by Gasteiger charge is -2.31. The number of fused-ring (bicyclic) bond motifs is 14. The Balaban J connectivity index is 1.08. The van der Waals surface area contributed by atoms with Gasteiger partial charge >= 0.3 is 0 Å². The number of phenolic OH excluding ortho intramolecular Hbond substituents is 6. The van der Waals surface area contributed by atoms with E-state index in [2.05, 4.69) is 42.1 Å². The maximum absolute atomic E-state index is 15.9. The second-order valence-electron chi connectivity index (χ2n) is 23.5. The van der Waals surface area contributed by atoms with Crippen molar-refractivity contribution >= 4 is 64.6 Å². The average Bonchev–Trinajstić information content (AvgIpc) is 0.776. The summed E-state index contributed by atoms with van der Waals surface area (Å²) in [5.74, 6) is -13.5. The first-order valence-electron chi connectivity index (χ1n) is 30.7. The van der Waals surface area contributed by atoms with Gasteiger partial charge in [-0.05, 0) is 170 Å². The molecule has 13 rings (SSSR count). The number of phenols is 6. The largest absolute Gasteiger partial charge is 0.508 e. The summed E-state index contributed by atoms with van der Waals surface area (Å²) in [5.41, 5.74) is 16.6. The van der Waals surface area contributed by atoms with E-state index in [0.717, 1.165) is 48.5 Å². The van der Waals surface area contributed by atoms with Crippen LogP contribution in [0.25, 0.3) is 11.1 Å². The van der Waals surface area contributed by atoms with Gasteiger partial charge in [0.25, 0.3) is 0 Å². The van der Waals surface area contributed by atoms with Gasteiger partial charge in [-0.1, -0.05) is 47.5 Å². The number of aromatic hydroxyl groups is 6. The van der Waals surface area contributed by atoms with Crippen LogP contribution in [0, 0.1) is 0 Å². The van der Waals surface area contributed by atoms with E-state index >= 15 is 19.2 Å². The van der Waals surface area contributed by atoms with E-state index in [1.165, 1.54) is 66.7 Å². The lowest BCUT2D eigenvalue weighted by molar-refractivity contribution is -0.137. The lowest BCUT2D eigenvalue weighted by Crippen LogP contribution is -2.56. The van der Waals surface area contributed by atoms with Crippen molar-refractivity contribution < 1.29 is 83.5 Å². The Morgan fingerprint density at radius 2 is 1.10 bits per heavy atom. The van der Waals surface area contributed by atoms with Crippen molar-refractivity contribution in [2.45, 2.75) is 74.1 Å². The Bertz CT molecular complexity index is 4290. The summed E-state index contributed by atoms with van der Waals surface area (Å²) in [7, 11) is 0. The van der Waals surface area contributed by atoms with Crippen LogP contribution in [0.1, 0.15) is 94.5 Å². The maximum Gasteiger partial charge on any atom is 0.248 e. The number of halogens is 2. The molecule has 0 unspecified atom stereocenters. The summed E-state index contributed by atoms with van der Waals surface area (Å²) in [6.07, 6.45) is -0.669. The zero-order valence-electron chi connectivity index (χ0n) is 51.3. The molecule has 8 atom stereocenters. The Morgan fingerprint density at radius 3 is 1.77 bits per heavy atom. The number of hydrogen-bond donors (Lipinski definition) is 17. The van der Waals surface area contributed by atoms with E-state index < -0.39 is 136 Å². The first-order chi connectivity index (χ1) is 46.4. The Morgan fingerprint density at radius 1 is 0.526 bits per heavy atom. The van der Waals surface area contributed by atoms with E-state index in [9.17, 15) is 50.1 Å². The van der Waals surface area contributed by atoms with Gasteiger partial charge in [-0.2, -0.15) is 0 Å². The van der Waals surface area contributed by atoms with Crippen LogP contribution in [-0.4, -0.2) is 133 Å². The van der Waals surface area contributed by atoms with Crippen molar-refractivity contribution in [3.05, 3.63) is 164 Å². The fraction of sp³-hybridized carbons (Fsp3) is 0.269. The highest BCUT2D eigenvalue weighted by molar-refractivity contribution is 6.32. The predicted molar refractivity (Wildman–Crippen MR) is 349 cm³/mol. The third-order valence-electron chi connectivity index (χ3n) is 16.8. The number of benzene rings is 7. The van der Waals surface area contributed by atoms with Crippen molar-refractivity contribution in [2.75, 3.05) is 39.3 Å². The number of nitrogens with two attached hydrogens (primary N) is 3. The van der Waals surface area contributed by atoms with Crippen LogP contribution in [-0.2, 0) is 40.0 Å². The number of hydrogen-bond acceptors (Lipinski definition) is 21. The number of amides is 7. The monoisotopic (exact) mass is 1370 g/mol. The van der Waals surface area contributed by atoms with Crippen LogP contribution < -0.4 is 68.6 Å². The van der Waals surface area contributed by atoms with Crippen LogP contribution in [0.3, 0.4) is 0 Å². The van der Waals surface area contributed by atoms with Gasteiger partial charge < -0.3 is 109 Å². The molecule has 0 radical (unpaired) electrons. The van der Waals surface area contributed by atoms with Gasteiger partial charge in [0.05, 0.1) is 10.0 Å². The second kappa shape index (κ2) is 28.8. The standard InChI is InChI=1S/C67H67Cl2N11O17/c68-41-18-30-4-10-47(41)96-50-25-35-26-51(60(50)87)97-48-11-7-33(23-42(48)69)59(86)58-67(94)78-57(63(90)73-14-3-17-80(15-1-12-70)16-2-13-71)40-28-37(82)29-46(85)52(40)39-22-32(6-8-44(39)83)54(64(91)79-58)76-66(93)56(35)77-65(92)55-34-20-36(81)27-38(21-34)95-49-24-31(5-9-45(49)84)53(72)62(89)74-43(19-30)61(88)75-55/h4-11,18,20-29,43,53-59,81-87H,1-3,12-17,19,70-72H2,(H,73,90)(H,74,89)(H,75,88)(H,76,93)(H,77,92)(H,78,94)(H,79,91)/t43-,53-,54-,55+,56-,57+,58+,59-/m1/s1. The fourth-order valence-electron chi connectivity index (χ4n) is 11.8. The molecule has 6 aliphatic heterocycles. The summed E-state index contributed by atoms with van der Waals surface area (Å²) >= 11 is 13.9. The van der Waals surface area contributed by atoms with Crippen molar-refractivity contribution in [2.24, 2.45) is 17.2 Å². The first kappa shape index (κ1) is 67.8. The van der Waals surface area contributed by atoms with Crippen LogP contribution in [0.4, 0.5) is 0 Å². The van der Waals surface area contributed by atoms with Gasteiger partial charge in [-0.15, -0.1) is 0 Å². The minimum Gasteiger partial charge on any atom is -0.508 e. The molecule has 0 saturated carbocycles. The molecule has 7 amide bonds.